The van der Waals surface area contributed by atoms with Crippen LogP contribution in [0.3, 0.4) is 0 Å². The first-order valence-corrected chi connectivity index (χ1v) is 6.15. The van der Waals surface area contributed by atoms with Gasteiger partial charge in [-0.3, -0.25) is 0 Å². The zero-order valence-corrected chi connectivity index (χ0v) is 10.4. The Balaban J connectivity index is 2.31. The van der Waals surface area contributed by atoms with E-state index in [4.69, 9.17) is 5.26 Å². The molecule has 1 fully saturated rings. The summed E-state index contributed by atoms with van der Waals surface area (Å²) in [6, 6.07) is 2.12. The van der Waals surface area contributed by atoms with Gasteiger partial charge in [-0.15, -0.1) is 0 Å². The van der Waals surface area contributed by atoms with E-state index in [1.807, 2.05) is 11.6 Å². The lowest BCUT2D eigenvalue weighted by atomic mass is 9.89. The number of imidazole rings is 1. The van der Waals surface area contributed by atoms with Crippen LogP contribution in [0.5, 0.6) is 0 Å². The van der Waals surface area contributed by atoms with Crippen LogP contribution in [0.4, 0.5) is 0 Å². The van der Waals surface area contributed by atoms with E-state index in [-0.39, 0.29) is 0 Å². The van der Waals surface area contributed by atoms with Gasteiger partial charge in [-0.2, -0.15) is 5.26 Å². The minimum Gasteiger partial charge on any atom is -0.325 e. The standard InChI is InChI=1S/C11H14BrN3/c1-15-10(12)9(7-13)14-11(15)8-5-3-2-4-6-8/h8H,2-6H2,1H3. The van der Waals surface area contributed by atoms with Gasteiger partial charge in [0.15, 0.2) is 5.69 Å². The van der Waals surface area contributed by atoms with Crippen molar-refractivity contribution in [3.05, 3.63) is 16.1 Å². The SMILES string of the molecule is Cn1c(C2CCCCC2)nc(C#N)c1Br. The second-order valence-corrected chi connectivity index (χ2v) is 4.87. The summed E-state index contributed by atoms with van der Waals surface area (Å²) < 4.78 is 2.82. The smallest absolute Gasteiger partial charge is 0.173 e. The van der Waals surface area contributed by atoms with Gasteiger partial charge >= 0.3 is 0 Å². The van der Waals surface area contributed by atoms with Crippen LogP contribution < -0.4 is 0 Å². The van der Waals surface area contributed by atoms with Crippen molar-refractivity contribution in [1.29, 1.82) is 5.26 Å². The van der Waals surface area contributed by atoms with E-state index in [1.54, 1.807) is 0 Å². The quantitative estimate of drug-likeness (QED) is 0.785. The lowest BCUT2D eigenvalue weighted by molar-refractivity contribution is 0.421. The number of halogens is 1. The summed E-state index contributed by atoms with van der Waals surface area (Å²) in [7, 11) is 1.97. The Labute approximate surface area is 98.2 Å². The van der Waals surface area contributed by atoms with Crippen molar-refractivity contribution < 1.29 is 0 Å². The molecule has 0 spiro atoms. The lowest BCUT2D eigenvalue weighted by Crippen LogP contribution is -2.10. The fraction of sp³-hybridized carbons (Fsp3) is 0.636. The van der Waals surface area contributed by atoms with Gasteiger partial charge in [0.05, 0.1) is 0 Å². The number of rotatable bonds is 1. The van der Waals surface area contributed by atoms with Crippen LogP contribution in [0.1, 0.15) is 49.5 Å². The maximum Gasteiger partial charge on any atom is 0.173 e. The van der Waals surface area contributed by atoms with E-state index in [0.29, 0.717) is 11.6 Å². The Bertz CT molecular complexity index is 397. The molecule has 4 heteroatoms. The van der Waals surface area contributed by atoms with Crippen LogP contribution in [0, 0.1) is 11.3 Å². The van der Waals surface area contributed by atoms with Crippen LogP contribution in [-0.4, -0.2) is 9.55 Å². The third kappa shape index (κ3) is 1.93. The summed E-state index contributed by atoms with van der Waals surface area (Å²) in [6.45, 7) is 0. The van der Waals surface area contributed by atoms with Crippen LogP contribution >= 0.6 is 15.9 Å². The predicted molar refractivity (Wildman–Crippen MR) is 61.4 cm³/mol. The van der Waals surface area contributed by atoms with Gasteiger partial charge < -0.3 is 4.57 Å². The van der Waals surface area contributed by atoms with E-state index in [9.17, 15) is 0 Å². The minimum absolute atomic E-state index is 0.512. The van der Waals surface area contributed by atoms with Crippen molar-refractivity contribution in [2.75, 3.05) is 0 Å². The molecule has 1 saturated carbocycles. The van der Waals surface area contributed by atoms with Crippen LogP contribution in [0.15, 0.2) is 4.60 Å². The van der Waals surface area contributed by atoms with Crippen molar-refractivity contribution in [3.8, 4) is 6.07 Å². The zero-order valence-electron chi connectivity index (χ0n) is 8.83. The molecule has 2 rings (SSSR count). The van der Waals surface area contributed by atoms with Gasteiger partial charge in [-0.05, 0) is 28.8 Å². The van der Waals surface area contributed by atoms with Gasteiger partial charge in [0.25, 0.3) is 0 Å². The highest BCUT2D eigenvalue weighted by molar-refractivity contribution is 9.10. The molecule has 0 amide bonds. The molecule has 0 aromatic carbocycles. The van der Waals surface area contributed by atoms with E-state index in [2.05, 4.69) is 27.0 Å². The largest absolute Gasteiger partial charge is 0.325 e. The number of nitriles is 1. The highest BCUT2D eigenvalue weighted by Crippen LogP contribution is 2.33. The summed E-state index contributed by atoms with van der Waals surface area (Å²) >= 11 is 3.41. The van der Waals surface area contributed by atoms with Crippen molar-refractivity contribution in [2.45, 2.75) is 38.0 Å². The predicted octanol–water partition coefficient (Wildman–Crippen LogP) is 3.10. The van der Waals surface area contributed by atoms with Crippen molar-refractivity contribution >= 4 is 15.9 Å². The Morgan fingerprint density at radius 3 is 2.60 bits per heavy atom. The van der Waals surface area contributed by atoms with Gasteiger partial charge in [-0.1, -0.05) is 19.3 Å². The molecule has 0 atom stereocenters. The molecular weight excluding hydrogens is 254 g/mol. The molecule has 80 valence electrons. The molecule has 1 aromatic rings. The molecule has 1 aliphatic carbocycles. The number of hydrogen-bond donors (Lipinski definition) is 0. The molecule has 0 bridgehead atoms. The molecule has 1 heterocycles. The molecule has 1 aromatic heterocycles. The second-order valence-electron chi connectivity index (χ2n) is 4.12. The van der Waals surface area contributed by atoms with E-state index < -0.39 is 0 Å². The number of nitrogens with zero attached hydrogens (tertiary/aromatic N) is 3. The summed E-state index contributed by atoms with van der Waals surface area (Å²) in [5.74, 6) is 1.61. The Kier molecular flexibility index (Phi) is 3.11. The Morgan fingerprint density at radius 2 is 2.07 bits per heavy atom. The van der Waals surface area contributed by atoms with E-state index >= 15 is 0 Å². The highest BCUT2D eigenvalue weighted by atomic mass is 79.9. The molecule has 0 saturated heterocycles. The van der Waals surface area contributed by atoms with Gasteiger partial charge in [0.1, 0.15) is 16.5 Å². The molecule has 3 nitrogen and oxygen atoms in total. The van der Waals surface area contributed by atoms with Crippen LogP contribution in [0.25, 0.3) is 0 Å². The Hall–Kier alpha value is -0.820. The average molecular weight is 268 g/mol. The van der Waals surface area contributed by atoms with Crippen molar-refractivity contribution in [3.63, 3.8) is 0 Å². The van der Waals surface area contributed by atoms with Crippen molar-refractivity contribution in [2.24, 2.45) is 7.05 Å². The number of hydrogen-bond acceptors (Lipinski definition) is 2. The van der Waals surface area contributed by atoms with Gasteiger partial charge in [0.2, 0.25) is 0 Å². The van der Waals surface area contributed by atoms with Crippen molar-refractivity contribution in [1.82, 2.24) is 9.55 Å². The first-order chi connectivity index (χ1) is 7.24. The summed E-state index contributed by atoms with van der Waals surface area (Å²) in [5, 5.41) is 8.90. The third-order valence-corrected chi connectivity index (χ3v) is 4.04. The first kappa shape index (κ1) is 10.7. The normalized spacial score (nSPS) is 17.7. The molecule has 0 radical (unpaired) electrons. The minimum atomic E-state index is 0.512. The molecule has 0 N–H and O–H groups in total. The van der Waals surface area contributed by atoms with Gasteiger partial charge in [-0.25, -0.2) is 4.98 Å². The Morgan fingerprint density at radius 1 is 1.40 bits per heavy atom. The molecule has 15 heavy (non-hydrogen) atoms. The number of aromatic nitrogens is 2. The average Bonchev–Trinajstić information content (AvgIpc) is 2.57. The summed E-state index contributed by atoms with van der Waals surface area (Å²) in [4.78, 5) is 4.41. The fourth-order valence-electron chi connectivity index (χ4n) is 2.29. The van der Waals surface area contributed by atoms with E-state index in [1.165, 1.54) is 32.1 Å². The summed E-state index contributed by atoms with van der Waals surface area (Å²) in [5.41, 5.74) is 0.512. The third-order valence-electron chi connectivity index (χ3n) is 3.14. The maximum absolute atomic E-state index is 8.90. The monoisotopic (exact) mass is 267 g/mol. The topological polar surface area (TPSA) is 41.6 Å². The maximum atomic E-state index is 8.90. The van der Waals surface area contributed by atoms with Gasteiger partial charge in [0, 0.05) is 13.0 Å². The molecule has 1 aliphatic rings. The molecule has 0 aliphatic heterocycles. The summed E-state index contributed by atoms with van der Waals surface area (Å²) in [6.07, 6.45) is 6.34. The first-order valence-electron chi connectivity index (χ1n) is 5.36. The highest BCUT2D eigenvalue weighted by Gasteiger charge is 2.22. The zero-order chi connectivity index (χ0) is 10.8. The van der Waals surface area contributed by atoms with E-state index in [0.717, 1.165) is 10.4 Å². The lowest BCUT2D eigenvalue weighted by Gasteiger charge is -2.20. The molecule has 0 unspecified atom stereocenters. The fourth-order valence-corrected chi connectivity index (χ4v) is 2.65. The molecular formula is C11H14BrN3. The van der Waals surface area contributed by atoms with Crippen LogP contribution in [-0.2, 0) is 7.05 Å². The second kappa shape index (κ2) is 4.36. The van der Waals surface area contributed by atoms with Crippen LogP contribution in [0.2, 0.25) is 0 Å².